The Kier molecular flexibility index (Phi) is 3.14. The molecule has 0 unspecified atom stereocenters. The van der Waals surface area contributed by atoms with Crippen LogP contribution in [-0.4, -0.2) is 10.8 Å². The topological polar surface area (TPSA) is 32.9 Å². The number of carbonyl (C=O) groups is 1. The lowest BCUT2D eigenvalue weighted by molar-refractivity contribution is 0.103. The highest BCUT2D eigenvalue weighted by molar-refractivity contribution is 9.10. The number of aromatic nitrogens is 1. The standard InChI is InChI=1S/C15H8BrF2NO/c16-10-2-1-3-13-14(10)9(7-19-13)15(20)8-4-5-11(17)12(18)6-8/h1-7,19H. The van der Waals surface area contributed by atoms with Crippen molar-refractivity contribution in [3.63, 3.8) is 0 Å². The number of carbonyl (C=O) groups excluding carboxylic acids is 1. The molecule has 0 aliphatic heterocycles. The molecule has 2 aromatic carbocycles. The van der Waals surface area contributed by atoms with Gasteiger partial charge in [-0.2, -0.15) is 0 Å². The van der Waals surface area contributed by atoms with Gasteiger partial charge in [0, 0.05) is 32.7 Å². The van der Waals surface area contributed by atoms with Gasteiger partial charge in [0.1, 0.15) is 0 Å². The summed E-state index contributed by atoms with van der Waals surface area (Å²) in [6.07, 6.45) is 1.57. The van der Waals surface area contributed by atoms with Gasteiger partial charge in [-0.1, -0.05) is 22.0 Å². The molecule has 0 fully saturated rings. The van der Waals surface area contributed by atoms with Gasteiger partial charge >= 0.3 is 0 Å². The van der Waals surface area contributed by atoms with Crippen molar-refractivity contribution in [2.24, 2.45) is 0 Å². The minimum atomic E-state index is -1.03. The number of rotatable bonds is 2. The van der Waals surface area contributed by atoms with E-state index in [1.807, 2.05) is 18.2 Å². The number of aromatic amines is 1. The predicted molar refractivity (Wildman–Crippen MR) is 75.8 cm³/mol. The first kappa shape index (κ1) is 13.0. The smallest absolute Gasteiger partial charge is 0.195 e. The molecule has 0 saturated carbocycles. The van der Waals surface area contributed by atoms with Gasteiger partial charge in [-0.25, -0.2) is 8.78 Å². The molecule has 1 heterocycles. The van der Waals surface area contributed by atoms with Gasteiger partial charge in [0.05, 0.1) is 0 Å². The van der Waals surface area contributed by atoms with Crippen LogP contribution in [0.25, 0.3) is 10.9 Å². The maximum Gasteiger partial charge on any atom is 0.195 e. The Morgan fingerprint density at radius 2 is 1.90 bits per heavy atom. The van der Waals surface area contributed by atoms with Crippen LogP contribution in [0.5, 0.6) is 0 Å². The minimum Gasteiger partial charge on any atom is -0.360 e. The maximum atomic E-state index is 13.2. The van der Waals surface area contributed by atoms with Crippen molar-refractivity contribution in [2.45, 2.75) is 0 Å². The summed E-state index contributed by atoms with van der Waals surface area (Å²) in [7, 11) is 0. The summed E-state index contributed by atoms with van der Waals surface area (Å²) in [5.74, 6) is -2.36. The second-order valence-corrected chi connectivity index (χ2v) is 5.18. The Morgan fingerprint density at radius 1 is 1.10 bits per heavy atom. The second kappa shape index (κ2) is 4.83. The van der Waals surface area contributed by atoms with E-state index in [9.17, 15) is 13.6 Å². The molecular formula is C15H8BrF2NO. The summed E-state index contributed by atoms with van der Waals surface area (Å²) in [5, 5.41) is 0.724. The molecule has 0 bridgehead atoms. The second-order valence-electron chi connectivity index (χ2n) is 4.32. The SMILES string of the molecule is O=C(c1ccc(F)c(F)c1)c1c[nH]c2cccc(Br)c12. The number of halogens is 3. The van der Waals surface area contributed by atoms with E-state index < -0.39 is 11.6 Å². The average molecular weight is 336 g/mol. The Morgan fingerprint density at radius 3 is 2.65 bits per heavy atom. The zero-order chi connectivity index (χ0) is 14.3. The number of hydrogen-bond acceptors (Lipinski definition) is 1. The highest BCUT2D eigenvalue weighted by Gasteiger charge is 2.17. The van der Waals surface area contributed by atoms with Crippen molar-refractivity contribution >= 4 is 32.6 Å². The lowest BCUT2D eigenvalue weighted by Gasteiger charge is -2.02. The molecular weight excluding hydrogens is 328 g/mol. The van der Waals surface area contributed by atoms with E-state index >= 15 is 0 Å². The number of H-pyrrole nitrogens is 1. The first-order chi connectivity index (χ1) is 9.58. The van der Waals surface area contributed by atoms with Crippen LogP contribution in [0.2, 0.25) is 0 Å². The monoisotopic (exact) mass is 335 g/mol. The molecule has 3 rings (SSSR count). The number of nitrogens with one attached hydrogen (secondary N) is 1. The van der Waals surface area contributed by atoms with Crippen LogP contribution >= 0.6 is 15.9 Å². The van der Waals surface area contributed by atoms with Crippen molar-refractivity contribution in [3.05, 3.63) is 69.8 Å². The van der Waals surface area contributed by atoms with Crippen LogP contribution in [0.4, 0.5) is 8.78 Å². The van der Waals surface area contributed by atoms with Crippen LogP contribution in [0.3, 0.4) is 0 Å². The number of fused-ring (bicyclic) bond motifs is 1. The third kappa shape index (κ3) is 2.04. The fourth-order valence-electron chi connectivity index (χ4n) is 2.11. The first-order valence-electron chi connectivity index (χ1n) is 5.83. The summed E-state index contributed by atoms with van der Waals surface area (Å²) >= 11 is 3.39. The van der Waals surface area contributed by atoms with Gasteiger partial charge in [0.15, 0.2) is 17.4 Å². The van der Waals surface area contributed by atoms with Crippen molar-refractivity contribution < 1.29 is 13.6 Å². The first-order valence-corrected chi connectivity index (χ1v) is 6.62. The fourth-order valence-corrected chi connectivity index (χ4v) is 2.69. The largest absolute Gasteiger partial charge is 0.360 e. The highest BCUT2D eigenvalue weighted by Crippen LogP contribution is 2.28. The fraction of sp³-hybridized carbons (Fsp3) is 0. The summed E-state index contributed by atoms with van der Waals surface area (Å²) in [4.78, 5) is 15.4. The Labute approximate surface area is 121 Å². The van der Waals surface area contributed by atoms with E-state index in [1.54, 1.807) is 6.20 Å². The van der Waals surface area contributed by atoms with E-state index in [0.717, 1.165) is 27.5 Å². The lowest BCUT2D eigenvalue weighted by atomic mass is 10.0. The zero-order valence-corrected chi connectivity index (χ0v) is 11.7. The molecule has 1 N–H and O–H groups in total. The minimum absolute atomic E-state index is 0.112. The van der Waals surface area contributed by atoms with E-state index in [4.69, 9.17) is 0 Å². The molecule has 0 radical (unpaired) electrons. The molecule has 0 aliphatic carbocycles. The highest BCUT2D eigenvalue weighted by atomic mass is 79.9. The summed E-state index contributed by atoms with van der Waals surface area (Å²) in [6.45, 7) is 0. The third-order valence-electron chi connectivity index (χ3n) is 3.08. The average Bonchev–Trinajstić information content (AvgIpc) is 2.86. The van der Waals surface area contributed by atoms with E-state index in [-0.39, 0.29) is 11.3 Å². The maximum absolute atomic E-state index is 13.2. The van der Waals surface area contributed by atoms with E-state index in [1.165, 1.54) is 6.07 Å². The van der Waals surface area contributed by atoms with Gasteiger partial charge < -0.3 is 4.98 Å². The molecule has 0 atom stereocenters. The number of hydrogen-bond donors (Lipinski definition) is 1. The number of ketones is 1. The van der Waals surface area contributed by atoms with Gasteiger partial charge in [0.2, 0.25) is 0 Å². The van der Waals surface area contributed by atoms with Crippen LogP contribution in [-0.2, 0) is 0 Å². The van der Waals surface area contributed by atoms with E-state index in [2.05, 4.69) is 20.9 Å². The Hall–Kier alpha value is -2.01. The molecule has 0 saturated heterocycles. The van der Waals surface area contributed by atoms with Gasteiger partial charge in [-0.05, 0) is 30.3 Å². The van der Waals surface area contributed by atoms with Crippen molar-refractivity contribution in [1.29, 1.82) is 0 Å². The zero-order valence-electron chi connectivity index (χ0n) is 10.1. The van der Waals surface area contributed by atoms with Crippen LogP contribution in [0.1, 0.15) is 15.9 Å². The predicted octanol–water partition coefficient (Wildman–Crippen LogP) is 4.44. The molecule has 2 nitrogen and oxygen atoms in total. The number of benzene rings is 2. The summed E-state index contributed by atoms with van der Waals surface area (Å²) in [6, 6.07) is 8.63. The third-order valence-corrected chi connectivity index (χ3v) is 3.74. The van der Waals surface area contributed by atoms with Gasteiger partial charge in [-0.3, -0.25) is 4.79 Å². The van der Waals surface area contributed by atoms with Gasteiger partial charge in [0.25, 0.3) is 0 Å². The van der Waals surface area contributed by atoms with Crippen molar-refractivity contribution in [1.82, 2.24) is 4.98 Å². The normalized spacial score (nSPS) is 10.9. The molecule has 100 valence electrons. The Bertz CT molecular complexity index is 826. The Balaban J connectivity index is 2.15. The summed E-state index contributed by atoms with van der Waals surface area (Å²) < 4.78 is 26.9. The summed E-state index contributed by atoms with van der Waals surface area (Å²) in [5.41, 5.74) is 1.32. The van der Waals surface area contributed by atoms with E-state index in [0.29, 0.717) is 5.56 Å². The molecule has 1 aromatic heterocycles. The molecule has 3 aromatic rings. The molecule has 0 amide bonds. The molecule has 5 heteroatoms. The van der Waals surface area contributed by atoms with Crippen molar-refractivity contribution in [3.8, 4) is 0 Å². The molecule has 0 spiro atoms. The van der Waals surface area contributed by atoms with Crippen molar-refractivity contribution in [2.75, 3.05) is 0 Å². The molecule has 20 heavy (non-hydrogen) atoms. The molecule has 0 aliphatic rings. The van der Waals surface area contributed by atoms with Crippen LogP contribution in [0.15, 0.2) is 47.1 Å². The van der Waals surface area contributed by atoms with Crippen LogP contribution < -0.4 is 0 Å². The quantitative estimate of drug-likeness (QED) is 0.690. The van der Waals surface area contributed by atoms with Gasteiger partial charge in [-0.15, -0.1) is 0 Å². The van der Waals surface area contributed by atoms with Crippen LogP contribution in [0, 0.1) is 11.6 Å². The lowest BCUT2D eigenvalue weighted by Crippen LogP contribution is -2.02.